The van der Waals surface area contributed by atoms with Gasteiger partial charge in [0.1, 0.15) is 0 Å². The minimum Gasteiger partial charge on any atom is -0.493 e. The zero-order valence-electron chi connectivity index (χ0n) is 15.5. The van der Waals surface area contributed by atoms with E-state index in [1.165, 1.54) is 0 Å². The second-order valence-corrected chi connectivity index (χ2v) is 7.48. The predicted molar refractivity (Wildman–Crippen MR) is 104 cm³/mol. The topological polar surface area (TPSA) is 59.6 Å². The Morgan fingerprint density at radius 2 is 2.28 bits per heavy atom. The lowest BCUT2D eigenvalue weighted by Crippen LogP contribution is -2.41. The maximum absolute atomic E-state index is 12.3. The van der Waals surface area contributed by atoms with Crippen molar-refractivity contribution in [3.05, 3.63) is 23.8 Å². The van der Waals surface area contributed by atoms with Gasteiger partial charge in [0.15, 0.2) is 11.5 Å². The third-order valence-corrected chi connectivity index (χ3v) is 5.38. The van der Waals surface area contributed by atoms with Crippen LogP contribution in [0.15, 0.2) is 18.2 Å². The van der Waals surface area contributed by atoms with Gasteiger partial charge < -0.3 is 20.1 Å². The third-order valence-electron chi connectivity index (χ3n) is 4.25. The molecule has 1 heterocycles. The van der Waals surface area contributed by atoms with Gasteiger partial charge in [0.25, 0.3) is 0 Å². The lowest BCUT2D eigenvalue weighted by atomic mass is 10.1. The quantitative estimate of drug-likeness (QED) is 0.658. The first-order chi connectivity index (χ1) is 12.1. The monoisotopic (exact) mass is 366 g/mol. The van der Waals surface area contributed by atoms with Gasteiger partial charge in [0, 0.05) is 30.5 Å². The number of thioether (sulfide) groups is 1. The van der Waals surface area contributed by atoms with Crippen LogP contribution in [0.25, 0.3) is 0 Å². The second-order valence-electron chi connectivity index (χ2n) is 6.33. The summed E-state index contributed by atoms with van der Waals surface area (Å²) >= 11 is 1.90. The van der Waals surface area contributed by atoms with Crippen LogP contribution >= 0.6 is 11.8 Å². The molecule has 6 heteroatoms. The van der Waals surface area contributed by atoms with E-state index in [0.717, 1.165) is 42.2 Å². The van der Waals surface area contributed by atoms with Crippen LogP contribution in [0, 0.1) is 0 Å². The Labute approximate surface area is 155 Å². The summed E-state index contributed by atoms with van der Waals surface area (Å²) in [5, 5.41) is 6.48. The summed E-state index contributed by atoms with van der Waals surface area (Å²) in [6.07, 6.45) is 2.63. The van der Waals surface area contributed by atoms with Gasteiger partial charge in [-0.1, -0.05) is 19.4 Å². The van der Waals surface area contributed by atoms with Crippen molar-refractivity contribution in [2.75, 3.05) is 31.8 Å². The summed E-state index contributed by atoms with van der Waals surface area (Å²) in [5.74, 6) is 3.66. The first kappa shape index (κ1) is 19.9. The molecular weight excluding hydrogens is 336 g/mol. The van der Waals surface area contributed by atoms with Crippen LogP contribution in [0.3, 0.4) is 0 Å². The number of unbranched alkanes of at least 4 members (excludes halogenated alkanes) is 1. The fourth-order valence-electron chi connectivity index (χ4n) is 2.76. The number of nitrogens with one attached hydrogen (secondary N) is 2. The molecule has 1 aliphatic heterocycles. The van der Waals surface area contributed by atoms with Gasteiger partial charge in [0.05, 0.1) is 19.8 Å². The summed E-state index contributed by atoms with van der Waals surface area (Å²) in [5.41, 5.74) is 1.01. The number of carbonyl (C=O) groups is 1. The van der Waals surface area contributed by atoms with Gasteiger partial charge in [0.2, 0.25) is 5.91 Å². The smallest absolute Gasteiger partial charge is 0.222 e. The van der Waals surface area contributed by atoms with Crippen LogP contribution in [0.2, 0.25) is 0 Å². The van der Waals surface area contributed by atoms with Crippen molar-refractivity contribution in [1.29, 1.82) is 0 Å². The first-order valence-corrected chi connectivity index (χ1v) is 10.2. The van der Waals surface area contributed by atoms with Crippen molar-refractivity contribution < 1.29 is 14.3 Å². The maximum Gasteiger partial charge on any atom is 0.222 e. The van der Waals surface area contributed by atoms with E-state index in [0.29, 0.717) is 18.8 Å². The van der Waals surface area contributed by atoms with E-state index < -0.39 is 0 Å². The molecule has 0 spiro atoms. The van der Waals surface area contributed by atoms with Crippen molar-refractivity contribution in [3.8, 4) is 11.5 Å². The predicted octanol–water partition coefficient (Wildman–Crippen LogP) is 3.15. The van der Waals surface area contributed by atoms with Crippen LogP contribution < -0.4 is 20.1 Å². The Morgan fingerprint density at radius 3 is 2.96 bits per heavy atom. The summed E-state index contributed by atoms with van der Waals surface area (Å²) < 4.78 is 11.2. The van der Waals surface area contributed by atoms with E-state index in [4.69, 9.17) is 9.47 Å². The zero-order chi connectivity index (χ0) is 18.1. The van der Waals surface area contributed by atoms with E-state index in [1.807, 2.05) is 36.9 Å². The highest BCUT2D eigenvalue weighted by Gasteiger charge is 2.19. The third kappa shape index (κ3) is 6.44. The highest BCUT2D eigenvalue weighted by atomic mass is 32.2. The molecule has 0 saturated carbocycles. The average Bonchev–Trinajstić information content (AvgIpc) is 2.62. The standard InChI is InChI=1S/C19H30N2O3S/c1-4-5-9-24-17-7-6-15(11-18(17)23-3)14(2)21-19(22)12-16-13-25-10-8-20-16/h6-7,11,14,16,20H,4-5,8-10,12-13H2,1-3H3,(H,21,22). The summed E-state index contributed by atoms with van der Waals surface area (Å²) in [7, 11) is 1.64. The maximum atomic E-state index is 12.3. The zero-order valence-corrected chi connectivity index (χ0v) is 16.3. The number of hydrogen-bond donors (Lipinski definition) is 2. The Morgan fingerprint density at radius 1 is 1.44 bits per heavy atom. The molecule has 2 atom stereocenters. The van der Waals surface area contributed by atoms with E-state index in [2.05, 4.69) is 17.6 Å². The van der Waals surface area contributed by atoms with Gasteiger partial charge in [-0.05, 0) is 31.0 Å². The van der Waals surface area contributed by atoms with E-state index in [1.54, 1.807) is 7.11 Å². The Bertz CT molecular complexity index is 547. The van der Waals surface area contributed by atoms with Crippen molar-refractivity contribution in [3.63, 3.8) is 0 Å². The minimum atomic E-state index is -0.0673. The molecule has 25 heavy (non-hydrogen) atoms. The highest BCUT2D eigenvalue weighted by molar-refractivity contribution is 7.99. The largest absolute Gasteiger partial charge is 0.493 e. The minimum absolute atomic E-state index is 0.0673. The number of carbonyl (C=O) groups excluding carboxylic acids is 1. The molecular formula is C19H30N2O3S. The molecule has 1 saturated heterocycles. The highest BCUT2D eigenvalue weighted by Crippen LogP contribution is 2.30. The number of amides is 1. The molecule has 5 nitrogen and oxygen atoms in total. The molecule has 140 valence electrons. The van der Waals surface area contributed by atoms with Crippen LogP contribution in [-0.4, -0.2) is 43.7 Å². The molecule has 0 radical (unpaired) electrons. The van der Waals surface area contributed by atoms with Gasteiger partial charge in [-0.3, -0.25) is 4.79 Å². The normalized spacial score (nSPS) is 18.4. The van der Waals surface area contributed by atoms with Crippen molar-refractivity contribution in [2.24, 2.45) is 0 Å². The SMILES string of the molecule is CCCCOc1ccc(C(C)NC(=O)CC2CSCCN2)cc1OC. The second kappa shape index (κ2) is 10.6. The molecule has 2 N–H and O–H groups in total. The number of rotatable bonds is 9. The lowest BCUT2D eigenvalue weighted by Gasteiger charge is -2.23. The van der Waals surface area contributed by atoms with Crippen molar-refractivity contribution >= 4 is 17.7 Å². The Hall–Kier alpha value is -1.40. The van der Waals surface area contributed by atoms with Gasteiger partial charge >= 0.3 is 0 Å². The Balaban J connectivity index is 1.91. The summed E-state index contributed by atoms with van der Waals surface area (Å²) in [6.45, 7) is 5.79. The molecule has 0 aromatic heterocycles. The lowest BCUT2D eigenvalue weighted by molar-refractivity contribution is -0.122. The number of hydrogen-bond acceptors (Lipinski definition) is 5. The molecule has 1 amide bonds. The summed E-state index contributed by atoms with van der Waals surface area (Å²) in [4.78, 5) is 12.3. The molecule has 1 fully saturated rings. The van der Waals surface area contributed by atoms with Gasteiger partial charge in [-0.25, -0.2) is 0 Å². The fraction of sp³-hybridized carbons (Fsp3) is 0.632. The van der Waals surface area contributed by atoms with Crippen molar-refractivity contribution in [1.82, 2.24) is 10.6 Å². The fourth-order valence-corrected chi connectivity index (χ4v) is 3.71. The van der Waals surface area contributed by atoms with Crippen LogP contribution in [0.4, 0.5) is 0 Å². The molecule has 0 aliphatic carbocycles. The van der Waals surface area contributed by atoms with Crippen LogP contribution in [0.5, 0.6) is 11.5 Å². The van der Waals surface area contributed by atoms with Gasteiger partial charge in [-0.15, -0.1) is 0 Å². The molecule has 2 unspecified atom stereocenters. The molecule has 2 rings (SSSR count). The van der Waals surface area contributed by atoms with Crippen LogP contribution in [0.1, 0.15) is 44.7 Å². The summed E-state index contributed by atoms with van der Waals surface area (Å²) in [6, 6.07) is 6.06. The van der Waals surface area contributed by atoms with Crippen molar-refractivity contribution in [2.45, 2.75) is 45.2 Å². The molecule has 1 aliphatic rings. The van der Waals surface area contributed by atoms with E-state index in [-0.39, 0.29) is 18.0 Å². The van der Waals surface area contributed by atoms with E-state index in [9.17, 15) is 4.79 Å². The Kier molecular flexibility index (Phi) is 8.41. The molecule has 1 aromatic rings. The van der Waals surface area contributed by atoms with Crippen LogP contribution in [-0.2, 0) is 4.79 Å². The molecule has 0 bridgehead atoms. The molecule has 1 aromatic carbocycles. The van der Waals surface area contributed by atoms with E-state index >= 15 is 0 Å². The number of benzene rings is 1. The average molecular weight is 367 g/mol. The number of methoxy groups -OCH3 is 1. The first-order valence-electron chi connectivity index (χ1n) is 9.05. The van der Waals surface area contributed by atoms with Gasteiger partial charge in [-0.2, -0.15) is 11.8 Å². The number of ether oxygens (including phenoxy) is 2.